The summed E-state index contributed by atoms with van der Waals surface area (Å²) in [6.45, 7) is 11.0. The average molecular weight is 286 g/mol. The first-order valence-electron chi connectivity index (χ1n) is 8.68. The summed E-state index contributed by atoms with van der Waals surface area (Å²) in [5, 5.41) is 19.8. The molecule has 3 unspecified atom stereocenters. The zero-order valence-corrected chi connectivity index (χ0v) is 14.5. The molecule has 0 aromatic heterocycles. The number of unbranched alkanes of at least 4 members (excludes halogenated alkanes) is 1. The van der Waals surface area contributed by atoms with Crippen molar-refractivity contribution in [2.75, 3.05) is 6.61 Å². The van der Waals surface area contributed by atoms with Crippen LogP contribution < -0.4 is 0 Å². The SMILES string of the molecule is CCCCC(CC)(CO)CCC(C)CCC(C)(O)CC. The Morgan fingerprint density at radius 1 is 0.950 bits per heavy atom. The van der Waals surface area contributed by atoms with Crippen molar-refractivity contribution >= 4 is 0 Å². The fraction of sp³-hybridized carbons (Fsp3) is 1.00. The van der Waals surface area contributed by atoms with Crippen molar-refractivity contribution in [2.24, 2.45) is 11.3 Å². The first kappa shape index (κ1) is 19.9. The van der Waals surface area contributed by atoms with Crippen molar-refractivity contribution in [3.63, 3.8) is 0 Å². The molecule has 0 heterocycles. The molecule has 0 aliphatic heterocycles. The number of rotatable bonds is 12. The molecule has 0 aromatic carbocycles. The molecule has 0 aromatic rings. The minimum Gasteiger partial charge on any atom is -0.396 e. The third-order valence-electron chi connectivity index (χ3n) is 5.25. The second-order valence-corrected chi connectivity index (χ2v) is 7.15. The maximum atomic E-state index is 10.1. The molecule has 0 radical (unpaired) electrons. The molecule has 0 aliphatic rings. The summed E-state index contributed by atoms with van der Waals surface area (Å²) in [6, 6.07) is 0. The van der Waals surface area contributed by atoms with Crippen molar-refractivity contribution in [3.8, 4) is 0 Å². The van der Waals surface area contributed by atoms with E-state index in [1.54, 1.807) is 0 Å². The van der Waals surface area contributed by atoms with Gasteiger partial charge in [0.15, 0.2) is 0 Å². The summed E-state index contributed by atoms with van der Waals surface area (Å²) in [4.78, 5) is 0. The van der Waals surface area contributed by atoms with E-state index in [9.17, 15) is 10.2 Å². The van der Waals surface area contributed by atoms with Crippen LogP contribution in [0.15, 0.2) is 0 Å². The maximum absolute atomic E-state index is 10.1. The quantitative estimate of drug-likeness (QED) is 0.534. The van der Waals surface area contributed by atoms with Crippen LogP contribution in [0.25, 0.3) is 0 Å². The lowest BCUT2D eigenvalue weighted by molar-refractivity contribution is 0.0385. The van der Waals surface area contributed by atoms with Crippen LogP contribution in [0.2, 0.25) is 0 Å². The summed E-state index contributed by atoms with van der Waals surface area (Å²) in [6.07, 6.45) is 9.72. The smallest absolute Gasteiger partial charge is 0.0617 e. The van der Waals surface area contributed by atoms with Crippen molar-refractivity contribution in [3.05, 3.63) is 0 Å². The molecule has 0 fully saturated rings. The minimum absolute atomic E-state index is 0.136. The molecule has 2 heteroatoms. The van der Waals surface area contributed by atoms with Gasteiger partial charge in [-0.1, -0.05) is 47.0 Å². The Balaban J connectivity index is 4.20. The number of hydrogen-bond acceptors (Lipinski definition) is 2. The van der Waals surface area contributed by atoms with Crippen LogP contribution in [0.3, 0.4) is 0 Å². The van der Waals surface area contributed by atoms with Crippen LogP contribution >= 0.6 is 0 Å². The molecule has 2 N–H and O–H groups in total. The number of aliphatic hydroxyl groups is 2. The Kier molecular flexibility index (Phi) is 9.74. The van der Waals surface area contributed by atoms with E-state index >= 15 is 0 Å². The second kappa shape index (κ2) is 9.78. The minimum atomic E-state index is -0.505. The van der Waals surface area contributed by atoms with E-state index in [1.807, 2.05) is 13.8 Å². The van der Waals surface area contributed by atoms with Gasteiger partial charge in [0, 0.05) is 6.61 Å². The lowest BCUT2D eigenvalue weighted by Crippen LogP contribution is -2.26. The van der Waals surface area contributed by atoms with Gasteiger partial charge in [0.1, 0.15) is 0 Å². The maximum Gasteiger partial charge on any atom is 0.0617 e. The van der Waals surface area contributed by atoms with Crippen molar-refractivity contribution in [2.45, 2.75) is 98.0 Å². The van der Waals surface area contributed by atoms with Crippen molar-refractivity contribution < 1.29 is 10.2 Å². The topological polar surface area (TPSA) is 40.5 Å². The third-order valence-corrected chi connectivity index (χ3v) is 5.25. The normalized spacial score (nSPS) is 19.4. The highest BCUT2D eigenvalue weighted by molar-refractivity contribution is 4.79. The molecule has 2 nitrogen and oxygen atoms in total. The van der Waals surface area contributed by atoms with Crippen molar-refractivity contribution in [1.29, 1.82) is 0 Å². The Hall–Kier alpha value is -0.0800. The fourth-order valence-corrected chi connectivity index (χ4v) is 2.73. The van der Waals surface area contributed by atoms with Gasteiger partial charge in [-0.3, -0.25) is 0 Å². The Bertz CT molecular complexity index is 232. The molecule has 0 saturated heterocycles. The summed E-state index contributed by atoms with van der Waals surface area (Å²) in [5.74, 6) is 0.632. The molecule has 0 saturated carbocycles. The molecular formula is C18H38O2. The van der Waals surface area contributed by atoms with E-state index in [0.717, 1.165) is 44.9 Å². The van der Waals surface area contributed by atoms with Crippen LogP contribution in [-0.4, -0.2) is 22.4 Å². The summed E-state index contributed by atoms with van der Waals surface area (Å²) < 4.78 is 0. The fourth-order valence-electron chi connectivity index (χ4n) is 2.73. The van der Waals surface area contributed by atoms with E-state index < -0.39 is 5.60 Å². The standard InChI is InChI=1S/C18H38O2/c1-6-9-12-18(8-3,15-19)14-11-16(4)10-13-17(5,20)7-2/h16,19-20H,6-15H2,1-5H3. The molecule has 122 valence electrons. The summed E-state index contributed by atoms with van der Waals surface area (Å²) in [5.41, 5.74) is -0.368. The Labute approximate surface area is 127 Å². The van der Waals surface area contributed by atoms with E-state index in [0.29, 0.717) is 12.5 Å². The first-order chi connectivity index (χ1) is 9.34. The van der Waals surface area contributed by atoms with Gasteiger partial charge < -0.3 is 10.2 Å². The average Bonchev–Trinajstić information content (AvgIpc) is 2.46. The lowest BCUT2D eigenvalue weighted by Gasteiger charge is -2.32. The van der Waals surface area contributed by atoms with Gasteiger partial charge in [-0.2, -0.15) is 0 Å². The molecular weight excluding hydrogens is 248 g/mol. The highest BCUT2D eigenvalue weighted by Crippen LogP contribution is 2.35. The van der Waals surface area contributed by atoms with Crippen LogP contribution in [0.5, 0.6) is 0 Å². The van der Waals surface area contributed by atoms with Gasteiger partial charge in [-0.25, -0.2) is 0 Å². The zero-order chi connectivity index (χ0) is 15.6. The van der Waals surface area contributed by atoms with E-state index in [2.05, 4.69) is 20.8 Å². The Morgan fingerprint density at radius 3 is 2.00 bits per heavy atom. The molecule has 0 spiro atoms. The van der Waals surface area contributed by atoms with Crippen molar-refractivity contribution in [1.82, 2.24) is 0 Å². The third kappa shape index (κ3) is 7.64. The predicted octanol–water partition coefficient (Wildman–Crippen LogP) is 4.92. The van der Waals surface area contributed by atoms with Crippen LogP contribution in [0.1, 0.15) is 92.4 Å². The highest BCUT2D eigenvalue weighted by atomic mass is 16.3. The monoisotopic (exact) mass is 286 g/mol. The van der Waals surface area contributed by atoms with E-state index in [4.69, 9.17) is 0 Å². The lowest BCUT2D eigenvalue weighted by atomic mass is 9.75. The van der Waals surface area contributed by atoms with Gasteiger partial charge in [0.05, 0.1) is 5.60 Å². The summed E-state index contributed by atoms with van der Waals surface area (Å²) in [7, 11) is 0. The molecule has 3 atom stereocenters. The van der Waals surface area contributed by atoms with Gasteiger partial charge in [-0.05, 0) is 56.8 Å². The molecule has 0 rings (SSSR count). The number of hydrogen-bond donors (Lipinski definition) is 2. The first-order valence-corrected chi connectivity index (χ1v) is 8.68. The van der Waals surface area contributed by atoms with Crippen LogP contribution in [0, 0.1) is 11.3 Å². The van der Waals surface area contributed by atoms with Crippen LogP contribution in [-0.2, 0) is 0 Å². The molecule has 0 amide bonds. The zero-order valence-electron chi connectivity index (χ0n) is 14.5. The van der Waals surface area contributed by atoms with Crippen LogP contribution in [0.4, 0.5) is 0 Å². The van der Waals surface area contributed by atoms with Gasteiger partial charge in [0.25, 0.3) is 0 Å². The molecule has 0 aliphatic carbocycles. The van der Waals surface area contributed by atoms with Gasteiger partial charge >= 0.3 is 0 Å². The number of aliphatic hydroxyl groups excluding tert-OH is 1. The molecule has 0 bridgehead atoms. The Morgan fingerprint density at radius 2 is 1.55 bits per heavy atom. The van der Waals surface area contributed by atoms with Gasteiger partial charge in [-0.15, -0.1) is 0 Å². The summed E-state index contributed by atoms with van der Waals surface area (Å²) >= 11 is 0. The highest BCUT2D eigenvalue weighted by Gasteiger charge is 2.27. The molecule has 20 heavy (non-hydrogen) atoms. The van der Waals surface area contributed by atoms with Gasteiger partial charge in [0.2, 0.25) is 0 Å². The largest absolute Gasteiger partial charge is 0.396 e. The van der Waals surface area contributed by atoms with E-state index in [-0.39, 0.29) is 5.41 Å². The van der Waals surface area contributed by atoms with E-state index in [1.165, 1.54) is 12.8 Å². The predicted molar refractivity (Wildman–Crippen MR) is 87.9 cm³/mol. The second-order valence-electron chi connectivity index (χ2n) is 7.15.